The molecule has 0 aliphatic carbocycles. The number of methoxy groups -OCH3 is 2. The highest BCUT2D eigenvalue weighted by atomic mass is 16.5. The molecule has 0 amide bonds. The Kier molecular flexibility index (Phi) is 7.35. The van der Waals surface area contributed by atoms with Gasteiger partial charge in [0.15, 0.2) is 0 Å². The van der Waals surface area contributed by atoms with Crippen LogP contribution in [0.15, 0.2) is 23.0 Å². The lowest BCUT2D eigenvalue weighted by Crippen LogP contribution is -2.35. The smallest absolute Gasteiger partial charge is 0.262 e. The number of rotatable bonds is 8. The molecule has 0 bridgehead atoms. The first kappa shape index (κ1) is 24.0. The van der Waals surface area contributed by atoms with Gasteiger partial charge in [0.05, 0.1) is 45.1 Å². The summed E-state index contributed by atoms with van der Waals surface area (Å²) in [6.45, 7) is 7.54. The van der Waals surface area contributed by atoms with E-state index >= 15 is 0 Å². The molecule has 1 saturated heterocycles. The van der Waals surface area contributed by atoms with Gasteiger partial charge in [-0.05, 0) is 37.1 Å². The number of aryl methyl sites for hydroxylation is 2. The molecule has 0 unspecified atom stereocenters. The van der Waals surface area contributed by atoms with Gasteiger partial charge in [-0.2, -0.15) is 0 Å². The number of aromatic amines is 1. The van der Waals surface area contributed by atoms with Gasteiger partial charge in [0.2, 0.25) is 0 Å². The second-order valence-corrected chi connectivity index (χ2v) is 8.30. The van der Waals surface area contributed by atoms with Gasteiger partial charge in [-0.1, -0.05) is 0 Å². The van der Waals surface area contributed by atoms with E-state index in [0.717, 1.165) is 41.1 Å². The highest BCUT2D eigenvalue weighted by Crippen LogP contribution is 2.37. The zero-order chi connectivity index (χ0) is 24.2. The maximum Gasteiger partial charge on any atom is 0.262 e. The SMILES string of the molecule is COc1cc2nc(-c3cc(C)c(OCCO)c(C)c3)[nH]c(=O)c2c(OC)c1CN1CCOCC1. The fourth-order valence-corrected chi connectivity index (χ4v) is 4.43. The van der Waals surface area contributed by atoms with Crippen LogP contribution >= 0.6 is 0 Å². The van der Waals surface area contributed by atoms with Crippen molar-refractivity contribution in [2.45, 2.75) is 20.4 Å². The van der Waals surface area contributed by atoms with E-state index in [4.69, 9.17) is 29.0 Å². The number of hydrogen-bond acceptors (Lipinski definition) is 8. The van der Waals surface area contributed by atoms with Crippen LogP contribution in [0.25, 0.3) is 22.3 Å². The number of aromatic nitrogens is 2. The first-order valence-electron chi connectivity index (χ1n) is 11.3. The van der Waals surface area contributed by atoms with Crippen molar-refractivity contribution in [3.63, 3.8) is 0 Å². The highest BCUT2D eigenvalue weighted by molar-refractivity contribution is 5.89. The standard InChI is InChI=1S/C25H31N3O6/c1-15-11-17(12-16(2)22(15)34-10-7-29)24-26-19-13-20(31-3)18(14-28-5-8-33-9-6-28)23(32-4)21(19)25(30)27-24/h11-13,29H,5-10,14H2,1-4H3,(H,26,27,30). The molecular formula is C25H31N3O6. The number of morpholine rings is 1. The Hall–Kier alpha value is -3.14. The van der Waals surface area contributed by atoms with Gasteiger partial charge in [-0.15, -0.1) is 0 Å². The number of benzene rings is 2. The van der Waals surface area contributed by atoms with Crippen LogP contribution < -0.4 is 19.8 Å². The average molecular weight is 470 g/mol. The maximum absolute atomic E-state index is 13.3. The number of aliphatic hydroxyl groups is 1. The number of nitrogens with zero attached hydrogens (tertiary/aromatic N) is 2. The summed E-state index contributed by atoms with van der Waals surface area (Å²) in [5, 5.41) is 9.46. The van der Waals surface area contributed by atoms with Crippen molar-refractivity contribution in [2.24, 2.45) is 0 Å². The van der Waals surface area contributed by atoms with Gasteiger partial charge in [-0.25, -0.2) is 4.98 Å². The maximum atomic E-state index is 13.3. The van der Waals surface area contributed by atoms with E-state index < -0.39 is 0 Å². The number of ether oxygens (including phenoxy) is 4. The summed E-state index contributed by atoms with van der Waals surface area (Å²) in [5.41, 5.74) is 3.58. The van der Waals surface area contributed by atoms with Gasteiger partial charge in [0, 0.05) is 31.3 Å². The van der Waals surface area contributed by atoms with Crippen LogP contribution in [0.4, 0.5) is 0 Å². The van der Waals surface area contributed by atoms with Crippen LogP contribution in [0, 0.1) is 13.8 Å². The Morgan fingerprint density at radius 3 is 2.41 bits per heavy atom. The topological polar surface area (TPSA) is 106 Å². The summed E-state index contributed by atoms with van der Waals surface area (Å²) in [4.78, 5) is 23.2. The Morgan fingerprint density at radius 1 is 1.09 bits per heavy atom. The molecule has 34 heavy (non-hydrogen) atoms. The summed E-state index contributed by atoms with van der Waals surface area (Å²) in [6, 6.07) is 5.61. The number of H-pyrrole nitrogens is 1. The molecule has 0 radical (unpaired) electrons. The third kappa shape index (κ3) is 4.72. The Balaban J connectivity index is 1.81. The number of nitrogens with one attached hydrogen (secondary N) is 1. The van der Waals surface area contributed by atoms with Crippen LogP contribution in [0.2, 0.25) is 0 Å². The second kappa shape index (κ2) is 10.4. The molecular weight excluding hydrogens is 438 g/mol. The highest BCUT2D eigenvalue weighted by Gasteiger charge is 2.23. The van der Waals surface area contributed by atoms with Crippen molar-refractivity contribution < 1.29 is 24.1 Å². The van der Waals surface area contributed by atoms with Crippen LogP contribution in [0.1, 0.15) is 16.7 Å². The van der Waals surface area contributed by atoms with E-state index in [-0.39, 0.29) is 18.8 Å². The van der Waals surface area contributed by atoms with Crippen LogP contribution in [0.5, 0.6) is 17.2 Å². The first-order chi connectivity index (χ1) is 16.5. The van der Waals surface area contributed by atoms with Crippen molar-refractivity contribution in [3.05, 3.63) is 45.2 Å². The fourth-order valence-electron chi connectivity index (χ4n) is 4.43. The van der Waals surface area contributed by atoms with E-state index in [2.05, 4.69) is 9.88 Å². The van der Waals surface area contributed by atoms with E-state index in [9.17, 15) is 4.79 Å². The molecule has 182 valence electrons. The van der Waals surface area contributed by atoms with E-state index in [1.807, 2.05) is 26.0 Å². The molecule has 1 aromatic heterocycles. The van der Waals surface area contributed by atoms with E-state index in [1.54, 1.807) is 20.3 Å². The minimum Gasteiger partial charge on any atom is -0.496 e. The second-order valence-electron chi connectivity index (χ2n) is 8.30. The van der Waals surface area contributed by atoms with Crippen molar-refractivity contribution >= 4 is 10.9 Å². The molecule has 0 atom stereocenters. The monoisotopic (exact) mass is 469 g/mol. The van der Waals surface area contributed by atoms with E-state index in [1.165, 1.54) is 0 Å². The van der Waals surface area contributed by atoms with Crippen LogP contribution in [-0.2, 0) is 11.3 Å². The number of aliphatic hydroxyl groups excluding tert-OH is 1. The third-order valence-corrected chi connectivity index (χ3v) is 5.99. The quantitative estimate of drug-likeness (QED) is 0.518. The van der Waals surface area contributed by atoms with Crippen LogP contribution in [0.3, 0.4) is 0 Å². The molecule has 3 aromatic rings. The molecule has 0 spiro atoms. The van der Waals surface area contributed by atoms with Crippen molar-refractivity contribution in [2.75, 3.05) is 53.7 Å². The molecule has 2 N–H and O–H groups in total. The minimum atomic E-state index is -0.279. The van der Waals surface area contributed by atoms with E-state index in [0.29, 0.717) is 48.0 Å². The molecule has 9 nitrogen and oxygen atoms in total. The predicted octanol–water partition coefficient (Wildman–Crippen LogP) is 2.43. The summed E-state index contributed by atoms with van der Waals surface area (Å²) in [6.07, 6.45) is 0. The molecule has 1 fully saturated rings. The minimum absolute atomic E-state index is 0.0582. The largest absolute Gasteiger partial charge is 0.496 e. The van der Waals surface area contributed by atoms with Crippen molar-refractivity contribution in [1.29, 1.82) is 0 Å². The Labute approximate surface area is 198 Å². The van der Waals surface area contributed by atoms with Gasteiger partial charge in [0.25, 0.3) is 5.56 Å². The number of fused-ring (bicyclic) bond motifs is 1. The predicted molar refractivity (Wildman–Crippen MR) is 129 cm³/mol. The lowest BCUT2D eigenvalue weighted by Gasteiger charge is -2.28. The van der Waals surface area contributed by atoms with Gasteiger partial charge in [0.1, 0.15) is 35.1 Å². The first-order valence-corrected chi connectivity index (χ1v) is 11.3. The van der Waals surface area contributed by atoms with Gasteiger partial charge < -0.3 is 29.0 Å². The fraction of sp³-hybridized carbons (Fsp3) is 0.440. The summed E-state index contributed by atoms with van der Waals surface area (Å²) in [5.74, 6) is 2.26. The zero-order valence-electron chi connectivity index (χ0n) is 20.1. The third-order valence-electron chi connectivity index (χ3n) is 5.99. The molecule has 1 aliphatic heterocycles. The molecule has 4 rings (SSSR count). The Morgan fingerprint density at radius 2 is 1.79 bits per heavy atom. The molecule has 1 aliphatic rings. The van der Waals surface area contributed by atoms with Gasteiger partial charge >= 0.3 is 0 Å². The number of hydrogen-bond donors (Lipinski definition) is 2. The molecule has 9 heteroatoms. The summed E-state index contributed by atoms with van der Waals surface area (Å²) in [7, 11) is 3.16. The lowest BCUT2D eigenvalue weighted by atomic mass is 10.0. The molecule has 2 aromatic carbocycles. The zero-order valence-corrected chi connectivity index (χ0v) is 20.1. The summed E-state index contributed by atoms with van der Waals surface area (Å²) >= 11 is 0. The molecule has 0 saturated carbocycles. The average Bonchev–Trinajstić information content (AvgIpc) is 2.83. The van der Waals surface area contributed by atoms with Crippen LogP contribution in [-0.4, -0.2) is 73.7 Å². The Bertz CT molecular complexity index is 1210. The molecule has 2 heterocycles. The van der Waals surface area contributed by atoms with Crippen molar-refractivity contribution in [1.82, 2.24) is 14.9 Å². The van der Waals surface area contributed by atoms with Crippen molar-refractivity contribution in [3.8, 4) is 28.6 Å². The summed E-state index contributed by atoms with van der Waals surface area (Å²) < 4.78 is 22.5. The van der Waals surface area contributed by atoms with Gasteiger partial charge in [-0.3, -0.25) is 9.69 Å². The lowest BCUT2D eigenvalue weighted by molar-refractivity contribution is 0.0336. The normalized spacial score (nSPS) is 14.4.